The zero-order chi connectivity index (χ0) is 26.2. The Morgan fingerprint density at radius 1 is 1.19 bits per heavy atom. The van der Waals surface area contributed by atoms with Crippen molar-refractivity contribution in [3.63, 3.8) is 0 Å². The van der Waals surface area contributed by atoms with Gasteiger partial charge in [0.25, 0.3) is 0 Å². The van der Waals surface area contributed by atoms with Crippen molar-refractivity contribution in [1.29, 1.82) is 0 Å². The molecule has 2 atom stereocenters. The zero-order valence-corrected chi connectivity index (χ0v) is 22.9. The van der Waals surface area contributed by atoms with Gasteiger partial charge in [0.15, 0.2) is 5.11 Å². The number of carbonyl (C=O) groups excluding carboxylic acids is 1. The summed E-state index contributed by atoms with van der Waals surface area (Å²) in [5.41, 5.74) is 5.52. The predicted molar refractivity (Wildman–Crippen MR) is 149 cm³/mol. The third kappa shape index (κ3) is 4.69. The summed E-state index contributed by atoms with van der Waals surface area (Å²) < 4.78 is 8.01. The molecule has 1 aliphatic rings. The molecule has 1 amide bonds. The van der Waals surface area contributed by atoms with E-state index < -0.39 is 5.41 Å². The zero-order valence-electron chi connectivity index (χ0n) is 22.0. The number of thiocarbonyl (C=S) groups is 1. The van der Waals surface area contributed by atoms with Gasteiger partial charge in [0.2, 0.25) is 5.91 Å². The van der Waals surface area contributed by atoms with E-state index in [1.54, 1.807) is 7.11 Å². The molecular weight excluding hydrogens is 470 g/mol. The molecule has 3 aromatic rings. The number of carbonyl (C=O) groups is 1. The van der Waals surface area contributed by atoms with Gasteiger partial charge in [-0.05, 0) is 68.9 Å². The molecule has 8 heteroatoms. The number of rotatable bonds is 6. The van der Waals surface area contributed by atoms with Crippen molar-refractivity contribution in [3.05, 3.63) is 71.3 Å². The number of pyridine rings is 1. The Morgan fingerprint density at radius 2 is 1.94 bits per heavy atom. The molecule has 0 radical (unpaired) electrons. The topological polar surface area (TPSA) is 71.4 Å². The normalized spacial score (nSPS) is 17.8. The van der Waals surface area contributed by atoms with Gasteiger partial charge in [-0.1, -0.05) is 26.8 Å². The van der Waals surface area contributed by atoms with E-state index in [4.69, 9.17) is 17.0 Å². The molecule has 1 aromatic carbocycles. The van der Waals surface area contributed by atoms with Gasteiger partial charge >= 0.3 is 0 Å². The third-order valence-electron chi connectivity index (χ3n) is 6.74. The Hall–Kier alpha value is -3.39. The minimum atomic E-state index is -0.521. The Morgan fingerprint density at radius 3 is 2.53 bits per heavy atom. The van der Waals surface area contributed by atoms with E-state index in [9.17, 15) is 4.79 Å². The van der Waals surface area contributed by atoms with Crippen LogP contribution >= 0.6 is 12.2 Å². The number of hydrogen-bond donors (Lipinski definition) is 2. The molecular formula is C28H35N5O2S. The van der Waals surface area contributed by atoms with Crippen molar-refractivity contribution in [2.24, 2.45) is 5.41 Å². The van der Waals surface area contributed by atoms with Gasteiger partial charge in [-0.15, -0.1) is 0 Å². The number of hydrogen-bond acceptors (Lipinski definition) is 4. The highest BCUT2D eigenvalue weighted by Gasteiger charge is 2.42. The Kier molecular flexibility index (Phi) is 7.09. The van der Waals surface area contributed by atoms with E-state index in [1.165, 1.54) is 17.0 Å². The molecule has 1 saturated heterocycles. The molecule has 2 aromatic heterocycles. The summed E-state index contributed by atoms with van der Waals surface area (Å²) in [6, 6.07) is 13.7. The average molecular weight is 506 g/mol. The lowest BCUT2D eigenvalue weighted by Crippen LogP contribution is -2.30. The van der Waals surface area contributed by atoms with Crippen LogP contribution in [-0.2, 0) is 11.3 Å². The van der Waals surface area contributed by atoms with Gasteiger partial charge in [-0.25, -0.2) is 0 Å². The van der Waals surface area contributed by atoms with Gasteiger partial charge in [0, 0.05) is 41.3 Å². The van der Waals surface area contributed by atoms with Crippen molar-refractivity contribution in [2.75, 3.05) is 17.3 Å². The maximum absolute atomic E-state index is 12.6. The quantitative estimate of drug-likeness (QED) is 0.420. The van der Waals surface area contributed by atoms with Gasteiger partial charge in [-0.3, -0.25) is 9.78 Å². The molecule has 36 heavy (non-hydrogen) atoms. The predicted octanol–water partition coefficient (Wildman–Crippen LogP) is 5.69. The highest BCUT2D eigenvalue weighted by atomic mass is 32.1. The van der Waals surface area contributed by atoms with Gasteiger partial charge in [-0.2, -0.15) is 0 Å². The largest absolute Gasteiger partial charge is 0.494 e. The molecule has 0 saturated carbocycles. The van der Waals surface area contributed by atoms with Crippen molar-refractivity contribution >= 4 is 34.6 Å². The molecule has 0 spiro atoms. The third-order valence-corrected chi connectivity index (χ3v) is 7.05. The second-order valence-corrected chi connectivity index (χ2v) is 10.5. The molecule has 0 aliphatic carbocycles. The van der Waals surface area contributed by atoms with Gasteiger partial charge in [0.1, 0.15) is 5.75 Å². The summed E-state index contributed by atoms with van der Waals surface area (Å²) in [5.74, 6) is 0.499. The number of ether oxygens (including phenoxy) is 1. The number of aromatic nitrogens is 2. The molecule has 4 rings (SSSR count). The molecule has 190 valence electrons. The minimum Gasteiger partial charge on any atom is -0.494 e. The Bertz CT molecular complexity index is 1280. The maximum atomic E-state index is 12.6. The van der Waals surface area contributed by atoms with Crippen LogP contribution in [0.25, 0.3) is 0 Å². The lowest BCUT2D eigenvalue weighted by atomic mass is 9.95. The fourth-order valence-electron chi connectivity index (χ4n) is 4.81. The van der Waals surface area contributed by atoms with Gasteiger partial charge < -0.3 is 24.8 Å². The molecule has 0 unspecified atom stereocenters. The lowest BCUT2D eigenvalue weighted by Gasteiger charge is -2.29. The smallest absolute Gasteiger partial charge is 0.229 e. The highest BCUT2D eigenvalue weighted by molar-refractivity contribution is 7.80. The number of amides is 1. The second-order valence-electron chi connectivity index (χ2n) is 10.2. The first kappa shape index (κ1) is 25.7. The first-order chi connectivity index (χ1) is 17.1. The summed E-state index contributed by atoms with van der Waals surface area (Å²) in [6.45, 7) is 13.0. The van der Waals surface area contributed by atoms with E-state index in [-0.39, 0.29) is 18.0 Å². The number of methoxy groups -OCH3 is 1. The molecule has 1 fully saturated rings. The Balaban J connectivity index is 1.81. The summed E-state index contributed by atoms with van der Waals surface area (Å²) in [6.07, 6.45) is 1.81. The Labute approximate surface area is 218 Å². The first-order valence-electron chi connectivity index (χ1n) is 12.2. The van der Waals surface area contributed by atoms with E-state index in [2.05, 4.69) is 51.9 Å². The van der Waals surface area contributed by atoms with E-state index in [1.807, 2.05) is 63.4 Å². The number of nitrogens with zero attached hydrogens (tertiary/aromatic N) is 3. The van der Waals surface area contributed by atoms with Crippen LogP contribution in [0.2, 0.25) is 0 Å². The molecule has 0 bridgehead atoms. The number of anilines is 2. The van der Waals surface area contributed by atoms with Crippen LogP contribution in [0.4, 0.5) is 11.4 Å². The minimum absolute atomic E-state index is 0.0768. The average Bonchev–Trinajstić information content (AvgIpc) is 3.33. The lowest BCUT2D eigenvalue weighted by molar-refractivity contribution is -0.123. The number of benzene rings is 1. The molecule has 2 N–H and O–H groups in total. The van der Waals surface area contributed by atoms with Crippen LogP contribution in [0.3, 0.4) is 0 Å². The SMILES string of the molecule is CCn1c(C)cc([C@@H]2[C@@H](c3ccccn3)NC(=S)N2c2ccc(NC(=O)C(C)(C)C)c(OC)c2)c1C. The summed E-state index contributed by atoms with van der Waals surface area (Å²) in [5, 5.41) is 7.13. The van der Waals surface area contributed by atoms with Crippen molar-refractivity contribution < 1.29 is 9.53 Å². The van der Waals surface area contributed by atoms with Crippen molar-refractivity contribution in [3.8, 4) is 5.75 Å². The fraction of sp³-hybridized carbons (Fsp3) is 0.393. The van der Waals surface area contributed by atoms with E-state index in [0.29, 0.717) is 16.5 Å². The molecule has 3 heterocycles. The highest BCUT2D eigenvalue weighted by Crippen LogP contribution is 2.44. The van der Waals surface area contributed by atoms with Crippen LogP contribution in [-0.4, -0.2) is 27.7 Å². The van der Waals surface area contributed by atoms with Crippen LogP contribution < -0.4 is 20.3 Å². The second kappa shape index (κ2) is 9.93. The summed E-state index contributed by atoms with van der Waals surface area (Å²) in [7, 11) is 1.61. The van der Waals surface area contributed by atoms with Crippen LogP contribution in [0.1, 0.15) is 62.4 Å². The van der Waals surface area contributed by atoms with Crippen molar-refractivity contribution in [2.45, 2.75) is 60.2 Å². The maximum Gasteiger partial charge on any atom is 0.229 e. The monoisotopic (exact) mass is 505 g/mol. The number of aryl methyl sites for hydroxylation is 1. The fourth-order valence-corrected chi connectivity index (χ4v) is 5.15. The van der Waals surface area contributed by atoms with Crippen LogP contribution in [0.15, 0.2) is 48.7 Å². The van der Waals surface area contributed by atoms with Gasteiger partial charge in [0.05, 0.1) is 30.6 Å². The molecule has 7 nitrogen and oxygen atoms in total. The standard InChI is InChI=1S/C28H35N5O2S/c1-8-32-17(2)15-20(18(32)3)25-24(22-11-9-10-14-29-22)31-27(36)33(25)19-12-13-21(23(16-19)35-7)30-26(34)28(4,5)6/h9-16,24-25H,8H2,1-7H3,(H,30,34)(H,31,36)/t24-,25-/m1/s1. The molecule has 1 aliphatic heterocycles. The summed E-state index contributed by atoms with van der Waals surface area (Å²) in [4.78, 5) is 19.4. The number of nitrogens with one attached hydrogen (secondary N) is 2. The first-order valence-corrected chi connectivity index (χ1v) is 12.6. The van der Waals surface area contributed by atoms with E-state index in [0.717, 1.165) is 17.9 Å². The van der Waals surface area contributed by atoms with Crippen LogP contribution in [0.5, 0.6) is 5.75 Å². The van der Waals surface area contributed by atoms with Crippen LogP contribution in [0, 0.1) is 19.3 Å². The van der Waals surface area contributed by atoms with Crippen molar-refractivity contribution in [1.82, 2.24) is 14.9 Å². The summed E-state index contributed by atoms with van der Waals surface area (Å²) >= 11 is 5.89. The van der Waals surface area contributed by atoms with E-state index >= 15 is 0 Å².